The molecule has 35 heavy (non-hydrogen) atoms. The van der Waals surface area contributed by atoms with Crippen LogP contribution in [0.5, 0.6) is 17.5 Å². The molecule has 1 heterocycles. The molecule has 1 amide bonds. The molecule has 0 spiro atoms. The van der Waals surface area contributed by atoms with E-state index >= 15 is 0 Å². The maximum atomic E-state index is 13.9. The summed E-state index contributed by atoms with van der Waals surface area (Å²) in [5.41, 5.74) is -2.56. The maximum absolute atomic E-state index is 13.9. The molecule has 2 N–H and O–H groups in total. The SMILES string of the molecule is CC(O)(CNC(=O)Oc1nc(-c2cccc(Cl)c2)c(Oc2ccccc2)nc1C(F)(F)F)C1CC1. The summed E-state index contributed by atoms with van der Waals surface area (Å²) >= 11 is 6.06. The Balaban J connectivity index is 1.71. The minimum atomic E-state index is -5.01. The van der Waals surface area contributed by atoms with Gasteiger partial charge >= 0.3 is 12.3 Å². The molecule has 4 rings (SSSR count). The highest BCUT2D eigenvalue weighted by atomic mass is 35.5. The Morgan fingerprint density at radius 3 is 2.46 bits per heavy atom. The predicted octanol–water partition coefficient (Wildman–Crippen LogP) is 5.86. The van der Waals surface area contributed by atoms with Crippen LogP contribution in [0.2, 0.25) is 5.02 Å². The van der Waals surface area contributed by atoms with Crippen LogP contribution in [0.25, 0.3) is 11.3 Å². The van der Waals surface area contributed by atoms with Crippen molar-refractivity contribution in [3.63, 3.8) is 0 Å². The number of rotatable bonds is 7. The topological polar surface area (TPSA) is 93.6 Å². The lowest BCUT2D eigenvalue weighted by molar-refractivity contribution is -0.142. The number of hydrogen-bond acceptors (Lipinski definition) is 6. The smallest absolute Gasteiger partial charge is 0.437 e. The molecule has 0 saturated heterocycles. The van der Waals surface area contributed by atoms with Gasteiger partial charge in [0.2, 0.25) is 11.6 Å². The number of carbonyl (C=O) groups is 1. The first-order valence-electron chi connectivity index (χ1n) is 10.7. The number of hydrogen-bond donors (Lipinski definition) is 2. The van der Waals surface area contributed by atoms with Crippen LogP contribution < -0.4 is 14.8 Å². The quantitative estimate of drug-likeness (QED) is 0.416. The van der Waals surface area contributed by atoms with E-state index in [4.69, 9.17) is 21.1 Å². The van der Waals surface area contributed by atoms with Crippen LogP contribution in [0, 0.1) is 5.92 Å². The standard InChI is InChI=1S/C24H21ClF3N3O4/c1-23(33,15-10-11-15)13-29-22(32)35-21-19(24(26,27)28)31-20(34-17-8-3-2-4-9-17)18(30-21)14-6-5-7-16(25)12-14/h2-9,12,15,33H,10-11,13H2,1H3,(H,29,32). The van der Waals surface area contributed by atoms with E-state index in [9.17, 15) is 23.1 Å². The lowest BCUT2D eigenvalue weighted by Gasteiger charge is -2.23. The molecular weight excluding hydrogens is 487 g/mol. The van der Waals surface area contributed by atoms with Gasteiger partial charge in [0.05, 0.1) is 5.60 Å². The third kappa shape index (κ3) is 6.20. The molecule has 1 unspecified atom stereocenters. The van der Waals surface area contributed by atoms with Gasteiger partial charge in [-0.25, -0.2) is 14.8 Å². The number of para-hydroxylation sites is 1. The van der Waals surface area contributed by atoms with E-state index in [1.807, 2.05) is 0 Å². The fourth-order valence-corrected chi connectivity index (χ4v) is 3.57. The highest BCUT2D eigenvalue weighted by Gasteiger charge is 2.42. The van der Waals surface area contributed by atoms with Crippen LogP contribution in [0.3, 0.4) is 0 Å². The van der Waals surface area contributed by atoms with Crippen molar-refractivity contribution in [3.8, 4) is 28.8 Å². The highest BCUT2D eigenvalue weighted by Crippen LogP contribution is 2.41. The van der Waals surface area contributed by atoms with Crippen molar-refractivity contribution in [2.24, 2.45) is 5.92 Å². The Hall–Kier alpha value is -3.37. The molecular formula is C24H21ClF3N3O4. The Bertz CT molecular complexity index is 1220. The summed E-state index contributed by atoms with van der Waals surface area (Å²) in [6.45, 7) is 1.35. The molecule has 0 bridgehead atoms. The first kappa shape index (κ1) is 24.7. The van der Waals surface area contributed by atoms with Crippen LogP contribution in [0.1, 0.15) is 25.5 Å². The van der Waals surface area contributed by atoms with Crippen LogP contribution in [-0.2, 0) is 6.18 Å². The predicted molar refractivity (Wildman–Crippen MR) is 121 cm³/mol. The summed E-state index contributed by atoms with van der Waals surface area (Å²) in [6.07, 6.45) is -4.61. The molecule has 2 aromatic carbocycles. The van der Waals surface area contributed by atoms with Crippen LogP contribution in [-0.4, -0.2) is 33.3 Å². The number of amides is 1. The van der Waals surface area contributed by atoms with E-state index in [1.165, 1.54) is 6.07 Å². The number of halogens is 4. The summed E-state index contributed by atoms with van der Waals surface area (Å²) < 4.78 is 52.2. The summed E-state index contributed by atoms with van der Waals surface area (Å²) in [5.74, 6) is -1.27. The van der Waals surface area contributed by atoms with Gasteiger partial charge in [0.15, 0.2) is 0 Å². The Morgan fingerprint density at radius 2 is 1.83 bits per heavy atom. The highest BCUT2D eigenvalue weighted by molar-refractivity contribution is 6.30. The molecule has 1 aliphatic carbocycles. The summed E-state index contributed by atoms with van der Waals surface area (Å²) in [7, 11) is 0. The molecule has 0 aliphatic heterocycles. The minimum Gasteiger partial charge on any atom is -0.437 e. The number of ether oxygens (including phenoxy) is 2. The maximum Gasteiger partial charge on any atom is 0.438 e. The molecule has 184 valence electrons. The average Bonchev–Trinajstić information content (AvgIpc) is 3.65. The van der Waals surface area contributed by atoms with Gasteiger partial charge in [0, 0.05) is 17.1 Å². The van der Waals surface area contributed by atoms with Gasteiger partial charge in [-0.2, -0.15) is 13.2 Å². The third-order valence-electron chi connectivity index (χ3n) is 5.39. The molecule has 1 aliphatic rings. The normalized spacial score (nSPS) is 15.3. The van der Waals surface area contributed by atoms with E-state index in [0.717, 1.165) is 12.8 Å². The van der Waals surface area contributed by atoms with Gasteiger partial charge in [-0.05, 0) is 49.9 Å². The summed E-state index contributed by atoms with van der Waals surface area (Å²) in [5, 5.41) is 12.9. The van der Waals surface area contributed by atoms with Gasteiger partial charge < -0.3 is 19.9 Å². The number of nitrogens with one attached hydrogen (secondary N) is 1. The Labute approximate surface area is 203 Å². The zero-order valence-electron chi connectivity index (χ0n) is 18.5. The van der Waals surface area contributed by atoms with Gasteiger partial charge in [-0.15, -0.1) is 0 Å². The van der Waals surface area contributed by atoms with Crippen molar-refractivity contribution in [2.45, 2.75) is 31.5 Å². The number of alkyl halides is 3. The lowest BCUT2D eigenvalue weighted by Crippen LogP contribution is -2.43. The molecule has 1 atom stereocenters. The van der Waals surface area contributed by atoms with Gasteiger partial charge in [-0.3, -0.25) is 0 Å². The Morgan fingerprint density at radius 1 is 1.11 bits per heavy atom. The van der Waals surface area contributed by atoms with Crippen molar-refractivity contribution in [2.75, 3.05) is 6.54 Å². The first-order chi connectivity index (χ1) is 16.5. The van der Waals surface area contributed by atoms with E-state index in [0.29, 0.717) is 10.6 Å². The number of benzene rings is 2. The van der Waals surface area contributed by atoms with E-state index in [1.54, 1.807) is 55.5 Å². The van der Waals surface area contributed by atoms with E-state index in [-0.39, 0.29) is 23.9 Å². The number of aliphatic hydroxyl groups is 1. The average molecular weight is 508 g/mol. The van der Waals surface area contributed by atoms with Crippen molar-refractivity contribution in [1.82, 2.24) is 15.3 Å². The zero-order chi connectivity index (χ0) is 25.2. The molecule has 3 aromatic rings. The number of carbonyl (C=O) groups excluding carboxylic acids is 1. The van der Waals surface area contributed by atoms with Crippen molar-refractivity contribution >= 4 is 17.7 Å². The van der Waals surface area contributed by atoms with Crippen LogP contribution >= 0.6 is 11.6 Å². The second-order valence-electron chi connectivity index (χ2n) is 8.33. The molecule has 7 nitrogen and oxygen atoms in total. The third-order valence-corrected chi connectivity index (χ3v) is 5.63. The molecule has 1 saturated carbocycles. The second kappa shape index (κ2) is 9.71. The first-order valence-corrected chi connectivity index (χ1v) is 11.1. The fourth-order valence-electron chi connectivity index (χ4n) is 3.38. The molecule has 11 heteroatoms. The number of nitrogens with zero attached hydrogens (tertiary/aromatic N) is 2. The van der Waals surface area contributed by atoms with Crippen molar-refractivity contribution in [3.05, 3.63) is 65.3 Å². The second-order valence-corrected chi connectivity index (χ2v) is 8.77. The monoisotopic (exact) mass is 507 g/mol. The van der Waals surface area contributed by atoms with Crippen molar-refractivity contribution in [1.29, 1.82) is 0 Å². The van der Waals surface area contributed by atoms with Crippen LogP contribution in [0.4, 0.5) is 18.0 Å². The van der Waals surface area contributed by atoms with Crippen LogP contribution in [0.15, 0.2) is 54.6 Å². The van der Waals surface area contributed by atoms with Gasteiger partial charge in [-0.1, -0.05) is 41.9 Å². The summed E-state index contributed by atoms with van der Waals surface area (Å²) in [6, 6.07) is 14.3. The Kier molecular flexibility index (Phi) is 6.86. The lowest BCUT2D eigenvalue weighted by atomic mass is 10.0. The van der Waals surface area contributed by atoms with Gasteiger partial charge in [0.1, 0.15) is 11.4 Å². The summed E-state index contributed by atoms with van der Waals surface area (Å²) in [4.78, 5) is 19.9. The minimum absolute atomic E-state index is 0.0113. The van der Waals surface area contributed by atoms with Crippen molar-refractivity contribution < 1.29 is 32.5 Å². The molecule has 1 aromatic heterocycles. The van der Waals surface area contributed by atoms with E-state index < -0.39 is 35.3 Å². The van der Waals surface area contributed by atoms with Gasteiger partial charge in [0.25, 0.3) is 5.88 Å². The fraction of sp³-hybridized carbons (Fsp3) is 0.292. The zero-order valence-corrected chi connectivity index (χ0v) is 19.2. The largest absolute Gasteiger partial charge is 0.438 e. The number of aromatic nitrogens is 2. The molecule has 0 radical (unpaired) electrons. The molecule has 1 fully saturated rings. The van der Waals surface area contributed by atoms with E-state index in [2.05, 4.69) is 15.3 Å².